The van der Waals surface area contributed by atoms with Crippen molar-refractivity contribution in [2.24, 2.45) is 0 Å². The van der Waals surface area contributed by atoms with Gasteiger partial charge in [0.25, 0.3) is 0 Å². The van der Waals surface area contributed by atoms with Crippen molar-refractivity contribution in [3.63, 3.8) is 0 Å². The maximum atomic E-state index is 11.2. The summed E-state index contributed by atoms with van der Waals surface area (Å²) in [4.78, 5) is 9.20. The van der Waals surface area contributed by atoms with Crippen LogP contribution in [0.2, 0.25) is 0 Å². The molecular weight excluding hydrogens is 265 g/mol. The summed E-state index contributed by atoms with van der Waals surface area (Å²) < 4.78 is 20.7. The summed E-state index contributed by atoms with van der Waals surface area (Å²) in [5, 5.41) is 3.38. The predicted octanol–water partition coefficient (Wildman–Crippen LogP) is 2.78. The Morgan fingerprint density at radius 1 is 0.947 bits per heavy atom. The molecule has 2 N–H and O–H groups in total. The molecule has 0 rings (SSSR count). The Labute approximate surface area is 117 Å². The van der Waals surface area contributed by atoms with Crippen molar-refractivity contribution in [1.29, 1.82) is 0 Å². The number of rotatable bonds is 14. The Morgan fingerprint density at radius 2 is 1.53 bits per heavy atom. The SMILES string of the molecule is COCCCNCCCCCCCCP(=O)(O)OC. The largest absolute Gasteiger partial charge is 0.385 e. The molecular formula is C13H30NO4P. The van der Waals surface area contributed by atoms with E-state index in [1.807, 2.05) is 0 Å². The highest BCUT2D eigenvalue weighted by Gasteiger charge is 2.15. The summed E-state index contributed by atoms with van der Waals surface area (Å²) in [5.74, 6) is 0. The zero-order chi connectivity index (χ0) is 14.4. The molecule has 0 aliphatic carbocycles. The second-order valence-corrected chi connectivity index (χ2v) is 6.85. The summed E-state index contributed by atoms with van der Waals surface area (Å²) in [7, 11) is -0.257. The maximum Gasteiger partial charge on any atom is 0.327 e. The van der Waals surface area contributed by atoms with Crippen molar-refractivity contribution in [3.8, 4) is 0 Å². The standard InChI is InChI=1S/C13H30NO4P/c1-17-12-9-11-14-10-7-5-3-4-6-8-13-19(15,16)18-2/h14H,3-13H2,1-2H3,(H,15,16). The van der Waals surface area contributed by atoms with Crippen LogP contribution >= 0.6 is 7.60 Å². The molecule has 0 radical (unpaired) electrons. The Bertz CT molecular complexity index is 239. The average Bonchev–Trinajstić information content (AvgIpc) is 2.40. The lowest BCUT2D eigenvalue weighted by Gasteiger charge is -2.08. The molecule has 1 unspecified atom stereocenters. The lowest BCUT2D eigenvalue weighted by Crippen LogP contribution is -2.17. The van der Waals surface area contributed by atoms with Crippen LogP contribution in [-0.4, -0.2) is 45.0 Å². The number of methoxy groups -OCH3 is 1. The molecule has 0 heterocycles. The molecule has 5 nitrogen and oxygen atoms in total. The van der Waals surface area contributed by atoms with E-state index in [0.717, 1.165) is 45.4 Å². The van der Waals surface area contributed by atoms with Gasteiger partial charge in [-0.25, -0.2) is 0 Å². The van der Waals surface area contributed by atoms with Crippen LogP contribution in [0.15, 0.2) is 0 Å². The third kappa shape index (κ3) is 14.3. The molecule has 0 aliphatic heterocycles. The monoisotopic (exact) mass is 295 g/mol. The summed E-state index contributed by atoms with van der Waals surface area (Å²) >= 11 is 0. The molecule has 0 saturated heterocycles. The van der Waals surface area contributed by atoms with E-state index in [9.17, 15) is 9.46 Å². The first-order chi connectivity index (χ1) is 9.12. The highest BCUT2D eigenvalue weighted by Crippen LogP contribution is 2.41. The smallest absolute Gasteiger partial charge is 0.327 e. The second kappa shape index (κ2) is 13.1. The predicted molar refractivity (Wildman–Crippen MR) is 78.8 cm³/mol. The van der Waals surface area contributed by atoms with Crippen LogP contribution < -0.4 is 5.32 Å². The molecule has 6 heteroatoms. The topological polar surface area (TPSA) is 67.8 Å². The number of ether oxygens (including phenoxy) is 1. The highest BCUT2D eigenvalue weighted by molar-refractivity contribution is 7.52. The molecule has 0 fully saturated rings. The van der Waals surface area contributed by atoms with Gasteiger partial charge in [-0.05, 0) is 32.4 Å². The van der Waals surface area contributed by atoms with Crippen molar-refractivity contribution in [3.05, 3.63) is 0 Å². The first kappa shape index (κ1) is 19.1. The van der Waals surface area contributed by atoms with Gasteiger partial charge in [0.2, 0.25) is 0 Å². The van der Waals surface area contributed by atoms with Crippen LogP contribution in [0.4, 0.5) is 0 Å². The Hall–Kier alpha value is 0.0700. The van der Waals surface area contributed by atoms with Gasteiger partial charge in [0, 0.05) is 27.0 Å². The lowest BCUT2D eigenvalue weighted by atomic mass is 10.1. The van der Waals surface area contributed by atoms with Crippen LogP contribution in [-0.2, 0) is 13.8 Å². The van der Waals surface area contributed by atoms with E-state index < -0.39 is 7.60 Å². The van der Waals surface area contributed by atoms with E-state index in [1.165, 1.54) is 26.4 Å². The molecule has 116 valence electrons. The average molecular weight is 295 g/mol. The second-order valence-electron chi connectivity index (χ2n) is 4.76. The minimum atomic E-state index is -3.27. The van der Waals surface area contributed by atoms with Crippen LogP contribution in [0, 0.1) is 0 Å². The third-order valence-electron chi connectivity index (χ3n) is 3.03. The van der Waals surface area contributed by atoms with Crippen LogP contribution in [0.5, 0.6) is 0 Å². The van der Waals surface area contributed by atoms with Crippen LogP contribution in [0.3, 0.4) is 0 Å². The Balaban J connectivity index is 3.09. The van der Waals surface area contributed by atoms with Gasteiger partial charge in [-0.2, -0.15) is 0 Å². The summed E-state index contributed by atoms with van der Waals surface area (Å²) in [6.07, 6.45) is 7.88. The van der Waals surface area contributed by atoms with E-state index in [4.69, 9.17) is 4.74 Å². The fraction of sp³-hybridized carbons (Fsp3) is 1.00. The van der Waals surface area contributed by atoms with Crippen molar-refractivity contribution < 1.29 is 18.7 Å². The third-order valence-corrected chi connectivity index (χ3v) is 4.48. The Morgan fingerprint density at radius 3 is 2.16 bits per heavy atom. The van der Waals surface area contributed by atoms with Gasteiger partial charge in [-0.15, -0.1) is 0 Å². The first-order valence-electron chi connectivity index (χ1n) is 7.19. The molecule has 0 aromatic carbocycles. The summed E-state index contributed by atoms with van der Waals surface area (Å²) in [6, 6.07) is 0. The Kier molecular flexibility index (Phi) is 13.1. The number of unbranched alkanes of at least 4 members (excludes halogenated alkanes) is 5. The molecule has 1 atom stereocenters. The van der Waals surface area contributed by atoms with E-state index in [2.05, 4.69) is 9.84 Å². The first-order valence-corrected chi connectivity index (χ1v) is 8.96. The quantitative estimate of drug-likeness (QED) is 0.381. The van der Waals surface area contributed by atoms with Crippen LogP contribution in [0.1, 0.15) is 44.9 Å². The molecule has 19 heavy (non-hydrogen) atoms. The minimum absolute atomic E-state index is 0.282. The van der Waals surface area contributed by atoms with Crippen molar-refractivity contribution in [2.45, 2.75) is 44.9 Å². The minimum Gasteiger partial charge on any atom is -0.385 e. The van der Waals surface area contributed by atoms with Gasteiger partial charge >= 0.3 is 7.60 Å². The fourth-order valence-corrected chi connectivity index (χ4v) is 2.63. The van der Waals surface area contributed by atoms with Crippen LogP contribution in [0.25, 0.3) is 0 Å². The van der Waals surface area contributed by atoms with Gasteiger partial charge in [-0.3, -0.25) is 4.57 Å². The molecule has 0 aromatic heterocycles. The van der Waals surface area contributed by atoms with Gasteiger partial charge < -0.3 is 19.5 Å². The molecule has 0 aromatic rings. The van der Waals surface area contributed by atoms with Crippen molar-refractivity contribution in [2.75, 3.05) is 40.1 Å². The van der Waals surface area contributed by atoms with E-state index in [-0.39, 0.29) is 6.16 Å². The van der Waals surface area contributed by atoms with E-state index >= 15 is 0 Å². The highest BCUT2D eigenvalue weighted by atomic mass is 31.2. The number of hydrogen-bond donors (Lipinski definition) is 2. The van der Waals surface area contributed by atoms with E-state index in [0.29, 0.717) is 0 Å². The molecule has 0 spiro atoms. The zero-order valence-corrected chi connectivity index (χ0v) is 13.3. The van der Waals surface area contributed by atoms with Gasteiger partial charge in [-0.1, -0.05) is 25.7 Å². The van der Waals surface area contributed by atoms with E-state index in [1.54, 1.807) is 7.11 Å². The normalized spacial score (nSPS) is 14.5. The van der Waals surface area contributed by atoms with Gasteiger partial charge in [0.1, 0.15) is 0 Å². The van der Waals surface area contributed by atoms with Crippen molar-refractivity contribution in [1.82, 2.24) is 5.32 Å². The van der Waals surface area contributed by atoms with Gasteiger partial charge in [0.05, 0.1) is 0 Å². The molecule has 0 amide bonds. The maximum absolute atomic E-state index is 11.2. The summed E-state index contributed by atoms with van der Waals surface area (Å²) in [5.41, 5.74) is 0. The summed E-state index contributed by atoms with van der Waals surface area (Å²) in [6.45, 7) is 2.92. The number of hydrogen-bond acceptors (Lipinski definition) is 4. The lowest BCUT2D eigenvalue weighted by molar-refractivity contribution is 0.194. The zero-order valence-electron chi connectivity index (χ0n) is 12.4. The molecule has 0 bridgehead atoms. The van der Waals surface area contributed by atoms with Crippen molar-refractivity contribution >= 4 is 7.60 Å². The van der Waals surface area contributed by atoms with Gasteiger partial charge in [0.15, 0.2) is 0 Å². The molecule has 0 saturated carbocycles. The number of nitrogens with one attached hydrogen (secondary N) is 1. The molecule has 0 aliphatic rings. The fourth-order valence-electron chi connectivity index (χ4n) is 1.83.